The van der Waals surface area contributed by atoms with Gasteiger partial charge >= 0.3 is 0 Å². The van der Waals surface area contributed by atoms with Crippen LogP contribution < -0.4 is 0 Å². The van der Waals surface area contributed by atoms with Gasteiger partial charge in [-0.3, -0.25) is 0 Å². The van der Waals surface area contributed by atoms with Crippen LogP contribution in [0.3, 0.4) is 0 Å². The molecule has 6 nitrogen and oxygen atoms in total. The second-order valence-corrected chi connectivity index (χ2v) is 16.9. The van der Waals surface area contributed by atoms with E-state index in [1.807, 2.05) is 54.6 Å². The molecule has 1 aliphatic heterocycles. The van der Waals surface area contributed by atoms with Crippen molar-refractivity contribution in [2.45, 2.75) is 89.4 Å². The van der Waals surface area contributed by atoms with E-state index >= 15 is 0 Å². The lowest BCUT2D eigenvalue weighted by molar-refractivity contribution is -0.310. The van der Waals surface area contributed by atoms with E-state index in [0.29, 0.717) is 26.4 Å². The molecule has 222 valence electrons. The molecule has 4 rings (SSSR count). The van der Waals surface area contributed by atoms with Crippen LogP contribution in [0, 0.1) is 0 Å². The van der Waals surface area contributed by atoms with E-state index in [1.54, 1.807) is 7.11 Å². The predicted octanol–water partition coefficient (Wildman–Crippen LogP) is 7.14. The third-order valence-corrected chi connectivity index (χ3v) is 12.5. The third-order valence-electron chi connectivity index (χ3n) is 8.02. The van der Waals surface area contributed by atoms with Crippen molar-refractivity contribution in [2.75, 3.05) is 13.7 Å². The number of benzene rings is 3. The van der Waals surface area contributed by atoms with E-state index in [4.69, 9.17) is 28.1 Å². The molecular formula is C34H46O6Si. The second-order valence-electron chi connectivity index (χ2n) is 12.1. The van der Waals surface area contributed by atoms with Gasteiger partial charge in [0.05, 0.1) is 26.4 Å². The molecule has 1 saturated heterocycles. The van der Waals surface area contributed by atoms with Crippen molar-refractivity contribution < 1.29 is 28.1 Å². The van der Waals surface area contributed by atoms with Crippen LogP contribution in [-0.2, 0) is 47.9 Å². The number of hydrogen-bond donors (Lipinski definition) is 0. The number of hydrogen-bond acceptors (Lipinski definition) is 6. The molecule has 1 heterocycles. The first-order chi connectivity index (χ1) is 19.7. The van der Waals surface area contributed by atoms with E-state index in [9.17, 15) is 0 Å². The molecule has 0 aliphatic carbocycles. The summed E-state index contributed by atoms with van der Waals surface area (Å²) in [5.41, 5.74) is 3.26. The van der Waals surface area contributed by atoms with Gasteiger partial charge in [-0.1, -0.05) is 112 Å². The smallest absolute Gasteiger partial charge is 0.192 e. The van der Waals surface area contributed by atoms with Crippen LogP contribution in [0.5, 0.6) is 0 Å². The predicted molar refractivity (Wildman–Crippen MR) is 164 cm³/mol. The first kappa shape index (κ1) is 31.6. The highest BCUT2D eigenvalue weighted by Gasteiger charge is 2.52. The molecule has 0 amide bonds. The molecule has 0 radical (unpaired) electrons. The second kappa shape index (κ2) is 14.7. The summed E-state index contributed by atoms with van der Waals surface area (Å²) in [5.74, 6) is 0. The first-order valence-corrected chi connectivity index (χ1v) is 17.4. The fourth-order valence-corrected chi connectivity index (χ4v) is 5.92. The Labute approximate surface area is 247 Å². The molecule has 3 aromatic carbocycles. The van der Waals surface area contributed by atoms with Gasteiger partial charge in [-0.15, -0.1) is 0 Å². The molecule has 0 spiro atoms. The Morgan fingerprint density at radius 2 is 1.12 bits per heavy atom. The van der Waals surface area contributed by atoms with E-state index in [0.717, 1.165) is 16.7 Å². The SMILES string of the molecule is CO[C@H]1O[C@H](COCc2ccccc2)[C@@H](OCc2ccccc2)[C@H](OCc2ccccc2)[C@@H]1O[Si](C)(C)C(C)(C)C. The molecule has 0 aromatic heterocycles. The van der Waals surface area contributed by atoms with Crippen LogP contribution in [0.25, 0.3) is 0 Å². The van der Waals surface area contributed by atoms with Gasteiger partial charge in [0.1, 0.15) is 24.4 Å². The maximum Gasteiger partial charge on any atom is 0.192 e. The van der Waals surface area contributed by atoms with Crippen molar-refractivity contribution in [2.24, 2.45) is 0 Å². The van der Waals surface area contributed by atoms with Gasteiger partial charge in [-0.25, -0.2) is 0 Å². The topological polar surface area (TPSA) is 55.4 Å². The van der Waals surface area contributed by atoms with Crippen molar-refractivity contribution in [1.82, 2.24) is 0 Å². The van der Waals surface area contributed by atoms with Crippen LogP contribution in [0.1, 0.15) is 37.5 Å². The zero-order valence-corrected chi connectivity index (χ0v) is 26.3. The standard InChI is InChI=1S/C34H46O6Si/c1-34(2,3)41(5,6)40-32-31(38-24-28-20-14-9-15-21-28)30(37-23-27-18-12-8-13-19-27)29(39-33(32)35-4)25-36-22-26-16-10-7-11-17-26/h7-21,29-33H,22-25H2,1-6H3/t29-,30-,31+,32+,33+/m1/s1. The van der Waals surface area contributed by atoms with Crippen LogP contribution in [0.2, 0.25) is 18.1 Å². The largest absolute Gasteiger partial charge is 0.406 e. The Bertz CT molecular complexity index is 1150. The van der Waals surface area contributed by atoms with Crippen molar-refractivity contribution in [1.29, 1.82) is 0 Å². The minimum atomic E-state index is -2.24. The number of methoxy groups -OCH3 is 1. The highest BCUT2D eigenvalue weighted by Crippen LogP contribution is 2.40. The van der Waals surface area contributed by atoms with E-state index in [-0.39, 0.29) is 5.04 Å². The Kier molecular flexibility index (Phi) is 11.3. The summed E-state index contributed by atoms with van der Waals surface area (Å²) in [6, 6.07) is 30.5. The molecule has 0 bridgehead atoms. The highest BCUT2D eigenvalue weighted by atomic mass is 28.4. The van der Waals surface area contributed by atoms with Gasteiger partial charge in [-0.05, 0) is 34.8 Å². The molecule has 0 saturated carbocycles. The normalized spacial score (nSPS) is 23.4. The summed E-state index contributed by atoms with van der Waals surface area (Å²) in [6.07, 6.45) is -2.43. The van der Waals surface area contributed by atoms with Gasteiger partial charge in [0, 0.05) is 7.11 Å². The van der Waals surface area contributed by atoms with Crippen molar-refractivity contribution in [3.8, 4) is 0 Å². The molecule has 1 aliphatic rings. The van der Waals surface area contributed by atoms with E-state index in [2.05, 4.69) is 70.3 Å². The highest BCUT2D eigenvalue weighted by molar-refractivity contribution is 6.74. The van der Waals surface area contributed by atoms with Gasteiger partial charge in [0.25, 0.3) is 0 Å². The minimum absolute atomic E-state index is 0.00862. The molecule has 3 aromatic rings. The zero-order valence-electron chi connectivity index (χ0n) is 25.3. The summed E-state index contributed by atoms with van der Waals surface area (Å²) >= 11 is 0. The molecule has 41 heavy (non-hydrogen) atoms. The lowest BCUT2D eigenvalue weighted by Gasteiger charge is -2.49. The summed E-state index contributed by atoms with van der Waals surface area (Å²) in [4.78, 5) is 0. The van der Waals surface area contributed by atoms with Gasteiger partial charge in [0.15, 0.2) is 14.6 Å². The maximum absolute atomic E-state index is 7.00. The average Bonchev–Trinajstić information content (AvgIpc) is 2.97. The van der Waals surface area contributed by atoms with Gasteiger partial charge in [-0.2, -0.15) is 0 Å². The Balaban J connectivity index is 1.63. The van der Waals surface area contributed by atoms with Crippen molar-refractivity contribution in [3.63, 3.8) is 0 Å². The fraction of sp³-hybridized carbons (Fsp3) is 0.471. The first-order valence-electron chi connectivity index (χ1n) is 14.5. The van der Waals surface area contributed by atoms with Gasteiger partial charge < -0.3 is 28.1 Å². The van der Waals surface area contributed by atoms with E-state index in [1.165, 1.54) is 0 Å². The molecular weight excluding hydrogens is 532 g/mol. The monoisotopic (exact) mass is 578 g/mol. The quantitative estimate of drug-likeness (QED) is 0.201. The summed E-state index contributed by atoms with van der Waals surface area (Å²) in [5, 5.41) is -0.00862. The minimum Gasteiger partial charge on any atom is -0.406 e. The lowest BCUT2D eigenvalue weighted by Crippen LogP contribution is -2.64. The molecule has 5 atom stereocenters. The Morgan fingerprint density at radius 1 is 0.659 bits per heavy atom. The Hall–Kier alpha value is -2.36. The maximum atomic E-state index is 7.00. The molecule has 7 heteroatoms. The summed E-state index contributed by atoms with van der Waals surface area (Å²) in [7, 11) is -0.575. The Morgan fingerprint density at radius 3 is 1.59 bits per heavy atom. The number of rotatable bonds is 13. The molecule has 0 unspecified atom stereocenters. The average molecular weight is 579 g/mol. The third kappa shape index (κ3) is 8.81. The lowest BCUT2D eigenvalue weighted by atomic mass is 9.98. The fourth-order valence-electron chi connectivity index (χ4n) is 4.64. The summed E-state index contributed by atoms with van der Waals surface area (Å²) in [6.45, 7) is 12.8. The van der Waals surface area contributed by atoms with Crippen LogP contribution in [0.15, 0.2) is 91.0 Å². The van der Waals surface area contributed by atoms with Crippen molar-refractivity contribution in [3.05, 3.63) is 108 Å². The number of ether oxygens (including phenoxy) is 5. The van der Waals surface area contributed by atoms with Crippen LogP contribution in [-0.4, -0.2) is 52.7 Å². The van der Waals surface area contributed by atoms with Crippen LogP contribution >= 0.6 is 0 Å². The zero-order chi connectivity index (χ0) is 29.3. The van der Waals surface area contributed by atoms with Crippen molar-refractivity contribution >= 4 is 8.32 Å². The summed E-state index contributed by atoms with van der Waals surface area (Å²) < 4.78 is 39.1. The molecule has 1 fully saturated rings. The molecule has 0 N–H and O–H groups in total. The van der Waals surface area contributed by atoms with Gasteiger partial charge in [0.2, 0.25) is 0 Å². The van der Waals surface area contributed by atoms with Crippen LogP contribution in [0.4, 0.5) is 0 Å². The van der Waals surface area contributed by atoms with E-state index < -0.39 is 39.0 Å².